The quantitative estimate of drug-likeness (QED) is 0.800. The van der Waals surface area contributed by atoms with Gasteiger partial charge in [0, 0.05) is 5.56 Å². The molecule has 1 unspecified atom stereocenters. The van der Waals surface area contributed by atoms with E-state index in [2.05, 4.69) is 10.1 Å². The Morgan fingerprint density at radius 1 is 1.43 bits per heavy atom. The van der Waals surface area contributed by atoms with E-state index < -0.39 is 0 Å². The zero-order valence-corrected chi connectivity index (χ0v) is 11.9. The topological polar surface area (TPSA) is 68.5 Å². The summed E-state index contributed by atoms with van der Waals surface area (Å²) in [5.41, 5.74) is 0.915. The normalized spacial score (nSPS) is 18.8. The molecule has 1 saturated heterocycles. The molecule has 0 bridgehead atoms. The van der Waals surface area contributed by atoms with Crippen molar-refractivity contribution in [3.05, 3.63) is 36.2 Å². The molecule has 0 radical (unpaired) electrons. The van der Waals surface area contributed by atoms with Gasteiger partial charge in [-0.05, 0) is 19.4 Å². The minimum atomic E-state index is -0.206. The van der Waals surface area contributed by atoms with Gasteiger partial charge < -0.3 is 9.26 Å². The predicted octanol–water partition coefficient (Wildman–Crippen LogP) is 1.87. The van der Waals surface area contributed by atoms with E-state index >= 15 is 0 Å². The number of carbonyl (C=O) groups excluding carboxylic acids is 1. The number of methoxy groups -OCH3 is 1. The first-order chi connectivity index (χ1) is 10.3. The molecule has 1 aromatic carbocycles. The highest BCUT2D eigenvalue weighted by molar-refractivity contribution is 5.75. The zero-order chi connectivity index (χ0) is 14.7. The van der Waals surface area contributed by atoms with Crippen LogP contribution in [0, 0.1) is 0 Å². The van der Waals surface area contributed by atoms with Crippen LogP contribution >= 0.6 is 0 Å². The van der Waals surface area contributed by atoms with Crippen molar-refractivity contribution in [2.45, 2.75) is 25.4 Å². The third kappa shape index (κ3) is 2.95. The number of rotatable bonds is 4. The molecule has 0 aliphatic carbocycles. The minimum Gasteiger partial charge on any atom is -0.468 e. The standard InChI is InChI=1S/C15H17N3O3/c1-20-15(19)12-8-5-9-18(12)10-13-16-14(17-21-13)11-6-3-2-4-7-11/h2-4,6-7,12H,5,8-10H2,1H3. The largest absolute Gasteiger partial charge is 0.468 e. The van der Waals surface area contributed by atoms with Crippen LogP contribution < -0.4 is 0 Å². The third-order valence-corrected chi connectivity index (χ3v) is 3.68. The van der Waals surface area contributed by atoms with Crippen molar-refractivity contribution in [3.63, 3.8) is 0 Å². The molecule has 0 N–H and O–H groups in total. The maximum Gasteiger partial charge on any atom is 0.323 e. The van der Waals surface area contributed by atoms with Crippen LogP contribution in [0.5, 0.6) is 0 Å². The van der Waals surface area contributed by atoms with Crippen molar-refractivity contribution in [1.29, 1.82) is 0 Å². The summed E-state index contributed by atoms with van der Waals surface area (Å²) in [4.78, 5) is 18.1. The van der Waals surface area contributed by atoms with Crippen LogP contribution in [0.25, 0.3) is 11.4 Å². The Kier molecular flexibility index (Phi) is 3.96. The van der Waals surface area contributed by atoms with Gasteiger partial charge in [-0.15, -0.1) is 0 Å². The van der Waals surface area contributed by atoms with Crippen molar-refractivity contribution in [2.75, 3.05) is 13.7 Å². The van der Waals surface area contributed by atoms with E-state index in [9.17, 15) is 4.79 Å². The number of ether oxygens (including phenoxy) is 1. The Hall–Kier alpha value is -2.21. The van der Waals surface area contributed by atoms with Gasteiger partial charge in [0.2, 0.25) is 11.7 Å². The highest BCUT2D eigenvalue weighted by Gasteiger charge is 2.32. The fourth-order valence-electron chi connectivity index (χ4n) is 2.62. The monoisotopic (exact) mass is 287 g/mol. The number of benzene rings is 1. The fourth-order valence-corrected chi connectivity index (χ4v) is 2.62. The van der Waals surface area contributed by atoms with Crippen LogP contribution in [0.1, 0.15) is 18.7 Å². The summed E-state index contributed by atoms with van der Waals surface area (Å²) in [6, 6.07) is 9.46. The van der Waals surface area contributed by atoms with E-state index in [1.165, 1.54) is 7.11 Å². The molecule has 1 aliphatic heterocycles. The minimum absolute atomic E-state index is 0.199. The first-order valence-corrected chi connectivity index (χ1v) is 6.98. The first kappa shape index (κ1) is 13.8. The summed E-state index contributed by atoms with van der Waals surface area (Å²) in [6.45, 7) is 1.31. The molecule has 0 amide bonds. The molecular weight excluding hydrogens is 270 g/mol. The lowest BCUT2D eigenvalue weighted by Gasteiger charge is -2.19. The highest BCUT2D eigenvalue weighted by Crippen LogP contribution is 2.22. The number of hydrogen-bond donors (Lipinski definition) is 0. The van der Waals surface area contributed by atoms with E-state index in [-0.39, 0.29) is 12.0 Å². The van der Waals surface area contributed by atoms with Crippen molar-refractivity contribution in [3.8, 4) is 11.4 Å². The molecule has 0 spiro atoms. The second kappa shape index (κ2) is 6.05. The van der Waals surface area contributed by atoms with Gasteiger partial charge in [-0.2, -0.15) is 4.98 Å². The molecule has 2 heterocycles. The number of esters is 1. The van der Waals surface area contributed by atoms with E-state index in [0.29, 0.717) is 18.3 Å². The summed E-state index contributed by atoms with van der Waals surface area (Å²) in [5.74, 6) is 0.888. The second-order valence-corrected chi connectivity index (χ2v) is 5.03. The lowest BCUT2D eigenvalue weighted by atomic mass is 10.2. The zero-order valence-electron chi connectivity index (χ0n) is 11.9. The number of aromatic nitrogens is 2. The lowest BCUT2D eigenvalue weighted by molar-refractivity contribution is -0.146. The number of nitrogens with zero attached hydrogens (tertiary/aromatic N) is 3. The Balaban J connectivity index is 1.71. The maximum absolute atomic E-state index is 11.7. The molecule has 110 valence electrons. The third-order valence-electron chi connectivity index (χ3n) is 3.68. The van der Waals surface area contributed by atoms with Crippen LogP contribution in [-0.2, 0) is 16.1 Å². The molecule has 0 saturated carbocycles. The van der Waals surface area contributed by atoms with E-state index in [4.69, 9.17) is 9.26 Å². The predicted molar refractivity (Wildman–Crippen MR) is 75.2 cm³/mol. The van der Waals surface area contributed by atoms with E-state index in [0.717, 1.165) is 24.9 Å². The molecule has 1 atom stereocenters. The maximum atomic E-state index is 11.7. The molecule has 6 nitrogen and oxygen atoms in total. The van der Waals surface area contributed by atoms with Crippen molar-refractivity contribution >= 4 is 5.97 Å². The van der Waals surface area contributed by atoms with Gasteiger partial charge >= 0.3 is 5.97 Å². The molecule has 6 heteroatoms. The summed E-state index contributed by atoms with van der Waals surface area (Å²) < 4.78 is 10.1. The second-order valence-electron chi connectivity index (χ2n) is 5.03. The molecule has 1 aromatic heterocycles. The lowest BCUT2D eigenvalue weighted by Crippen LogP contribution is -2.36. The van der Waals surface area contributed by atoms with Crippen molar-refractivity contribution < 1.29 is 14.1 Å². The van der Waals surface area contributed by atoms with Crippen LogP contribution in [0.4, 0.5) is 0 Å². The molecule has 3 rings (SSSR count). The average molecular weight is 287 g/mol. The SMILES string of the molecule is COC(=O)C1CCCN1Cc1nc(-c2ccccc2)no1. The van der Waals surface area contributed by atoms with E-state index in [1.54, 1.807) is 0 Å². The highest BCUT2D eigenvalue weighted by atomic mass is 16.5. The molecule has 21 heavy (non-hydrogen) atoms. The average Bonchev–Trinajstić information content (AvgIpc) is 3.17. The Labute approximate surface area is 122 Å². The van der Waals surface area contributed by atoms with Gasteiger partial charge in [-0.1, -0.05) is 35.5 Å². The number of carbonyl (C=O) groups is 1. The molecule has 1 fully saturated rings. The molecular formula is C15H17N3O3. The van der Waals surface area contributed by atoms with Gasteiger partial charge in [-0.25, -0.2) is 0 Å². The van der Waals surface area contributed by atoms with Crippen LogP contribution in [0.15, 0.2) is 34.9 Å². The van der Waals surface area contributed by atoms with Crippen LogP contribution in [0.2, 0.25) is 0 Å². The van der Waals surface area contributed by atoms with Gasteiger partial charge in [-0.3, -0.25) is 9.69 Å². The Bertz CT molecular complexity index is 612. The summed E-state index contributed by atoms with van der Waals surface area (Å²) in [7, 11) is 1.42. The number of hydrogen-bond acceptors (Lipinski definition) is 6. The first-order valence-electron chi connectivity index (χ1n) is 6.98. The van der Waals surface area contributed by atoms with Gasteiger partial charge in [0.15, 0.2) is 0 Å². The van der Waals surface area contributed by atoms with Crippen LogP contribution in [-0.4, -0.2) is 40.7 Å². The Morgan fingerprint density at radius 2 is 2.24 bits per heavy atom. The van der Waals surface area contributed by atoms with Gasteiger partial charge in [0.25, 0.3) is 0 Å². The van der Waals surface area contributed by atoms with E-state index in [1.807, 2.05) is 35.2 Å². The summed E-state index contributed by atoms with van der Waals surface area (Å²) >= 11 is 0. The van der Waals surface area contributed by atoms with Gasteiger partial charge in [0.1, 0.15) is 6.04 Å². The van der Waals surface area contributed by atoms with Crippen LogP contribution in [0.3, 0.4) is 0 Å². The smallest absolute Gasteiger partial charge is 0.323 e. The fraction of sp³-hybridized carbons (Fsp3) is 0.400. The molecule has 2 aromatic rings. The van der Waals surface area contributed by atoms with Crippen molar-refractivity contribution in [1.82, 2.24) is 15.0 Å². The summed E-state index contributed by atoms with van der Waals surface area (Å²) in [5, 5.41) is 3.99. The Morgan fingerprint density at radius 3 is 3.00 bits per heavy atom. The summed E-state index contributed by atoms with van der Waals surface area (Å²) in [6.07, 6.45) is 1.78. The van der Waals surface area contributed by atoms with Gasteiger partial charge in [0.05, 0.1) is 13.7 Å². The molecule has 1 aliphatic rings. The number of likely N-dealkylation sites (tertiary alicyclic amines) is 1. The van der Waals surface area contributed by atoms with Crippen molar-refractivity contribution in [2.24, 2.45) is 0 Å².